The second kappa shape index (κ2) is 4.02. The molecular weight excluding hydrogens is 202 g/mol. The first-order valence-corrected chi connectivity index (χ1v) is 5.27. The van der Waals surface area contributed by atoms with Crippen LogP contribution in [0.3, 0.4) is 0 Å². The van der Waals surface area contributed by atoms with Gasteiger partial charge in [0.15, 0.2) is 5.69 Å². The Morgan fingerprint density at radius 1 is 1.64 bits per heavy atom. The van der Waals surface area contributed by atoms with Gasteiger partial charge in [-0.15, -0.1) is 0 Å². The van der Waals surface area contributed by atoms with Gasteiger partial charge < -0.3 is 10.4 Å². The van der Waals surface area contributed by atoms with Crippen LogP contribution in [0.4, 0.5) is 0 Å². The fourth-order valence-corrected chi connectivity index (χ4v) is 2.03. The molecule has 0 aliphatic heterocycles. The van der Waals surface area contributed by atoms with Crippen molar-refractivity contribution in [2.45, 2.75) is 31.4 Å². The van der Waals surface area contributed by atoms with Crippen molar-refractivity contribution in [2.75, 3.05) is 0 Å². The Morgan fingerprint density at radius 3 is 3.07 bits per heavy atom. The molecule has 0 bridgehead atoms. The van der Waals surface area contributed by atoms with Gasteiger partial charge in [-0.25, -0.2) is 0 Å². The van der Waals surface area contributed by atoms with Crippen LogP contribution >= 0.6 is 11.7 Å². The summed E-state index contributed by atoms with van der Waals surface area (Å²) in [6.07, 6.45) is 3.58. The second-order valence-electron chi connectivity index (χ2n) is 3.37. The lowest BCUT2D eigenvalue weighted by molar-refractivity contribution is 0.0869. The van der Waals surface area contributed by atoms with Crippen LogP contribution in [-0.2, 0) is 0 Å². The average Bonchev–Trinajstić information content (AvgIpc) is 2.77. The molecule has 1 heterocycles. The van der Waals surface area contributed by atoms with Gasteiger partial charge in [0, 0.05) is 0 Å². The fraction of sp³-hybridized carbons (Fsp3) is 0.625. The van der Waals surface area contributed by atoms with Crippen LogP contribution in [0.5, 0.6) is 0 Å². The Hall–Kier alpha value is -1.01. The third-order valence-electron chi connectivity index (χ3n) is 2.39. The summed E-state index contributed by atoms with van der Waals surface area (Å²) in [6, 6.07) is -0.121. The predicted molar refractivity (Wildman–Crippen MR) is 51.0 cm³/mol. The van der Waals surface area contributed by atoms with Crippen molar-refractivity contribution in [3.63, 3.8) is 0 Å². The van der Waals surface area contributed by atoms with E-state index in [9.17, 15) is 9.90 Å². The van der Waals surface area contributed by atoms with E-state index in [4.69, 9.17) is 0 Å². The molecule has 14 heavy (non-hydrogen) atoms. The minimum Gasteiger partial charge on any atom is -0.391 e. The molecule has 6 heteroatoms. The Kier molecular flexibility index (Phi) is 2.74. The van der Waals surface area contributed by atoms with Crippen LogP contribution in [-0.4, -0.2) is 31.9 Å². The summed E-state index contributed by atoms with van der Waals surface area (Å²) in [5, 5.41) is 12.2. The number of carbonyl (C=O) groups excluding carboxylic acids is 1. The highest BCUT2D eigenvalue weighted by atomic mass is 32.1. The number of rotatable bonds is 2. The minimum absolute atomic E-state index is 0.121. The van der Waals surface area contributed by atoms with Crippen molar-refractivity contribution in [3.8, 4) is 0 Å². The van der Waals surface area contributed by atoms with Gasteiger partial charge in [-0.2, -0.15) is 8.75 Å². The number of aromatic nitrogens is 2. The summed E-state index contributed by atoms with van der Waals surface area (Å²) < 4.78 is 7.56. The second-order valence-corrected chi connectivity index (χ2v) is 3.93. The first kappa shape index (κ1) is 9.54. The molecule has 0 radical (unpaired) electrons. The molecule has 1 aromatic rings. The Bertz CT molecular complexity index is 314. The molecule has 2 unspecified atom stereocenters. The molecule has 1 aliphatic rings. The normalized spacial score (nSPS) is 26.4. The number of hydrogen-bond donors (Lipinski definition) is 2. The Balaban J connectivity index is 1.95. The van der Waals surface area contributed by atoms with Gasteiger partial charge in [0.2, 0.25) is 0 Å². The van der Waals surface area contributed by atoms with E-state index in [2.05, 4.69) is 14.1 Å². The molecule has 0 saturated heterocycles. The number of aliphatic hydroxyl groups is 1. The highest BCUT2D eigenvalue weighted by Crippen LogP contribution is 2.18. The summed E-state index contributed by atoms with van der Waals surface area (Å²) >= 11 is 1.00. The van der Waals surface area contributed by atoms with Crippen LogP contribution in [0.2, 0.25) is 0 Å². The van der Waals surface area contributed by atoms with Crippen LogP contribution < -0.4 is 5.32 Å². The topological polar surface area (TPSA) is 75.1 Å². The molecule has 1 fully saturated rings. The third kappa shape index (κ3) is 1.91. The number of aliphatic hydroxyl groups excluding tert-OH is 1. The van der Waals surface area contributed by atoms with Crippen molar-refractivity contribution in [1.29, 1.82) is 0 Å². The summed E-state index contributed by atoms with van der Waals surface area (Å²) in [5.74, 6) is -0.246. The summed E-state index contributed by atoms with van der Waals surface area (Å²) in [5.41, 5.74) is 0.328. The summed E-state index contributed by atoms with van der Waals surface area (Å²) in [7, 11) is 0. The number of carbonyl (C=O) groups is 1. The minimum atomic E-state index is -0.412. The zero-order chi connectivity index (χ0) is 9.97. The van der Waals surface area contributed by atoms with E-state index in [0.29, 0.717) is 5.69 Å². The zero-order valence-electron chi connectivity index (χ0n) is 7.51. The first-order chi connectivity index (χ1) is 6.77. The standard InChI is InChI=1S/C8H11N3O2S/c12-7-3-1-2-5(7)10-8(13)6-4-9-14-11-6/h4-5,7,12H,1-3H2,(H,10,13). The van der Waals surface area contributed by atoms with Crippen molar-refractivity contribution in [3.05, 3.63) is 11.9 Å². The van der Waals surface area contributed by atoms with Crippen LogP contribution in [0.25, 0.3) is 0 Å². The number of nitrogens with zero attached hydrogens (tertiary/aromatic N) is 2. The maximum Gasteiger partial charge on any atom is 0.272 e. The maximum absolute atomic E-state index is 11.5. The van der Waals surface area contributed by atoms with Crippen molar-refractivity contribution < 1.29 is 9.90 Å². The molecule has 2 atom stereocenters. The van der Waals surface area contributed by atoms with Gasteiger partial charge in [0.05, 0.1) is 30.1 Å². The highest BCUT2D eigenvalue weighted by Gasteiger charge is 2.27. The zero-order valence-corrected chi connectivity index (χ0v) is 8.33. The van der Waals surface area contributed by atoms with E-state index < -0.39 is 6.10 Å². The van der Waals surface area contributed by atoms with Gasteiger partial charge in [-0.3, -0.25) is 4.79 Å². The van der Waals surface area contributed by atoms with Gasteiger partial charge in [0.25, 0.3) is 5.91 Å². The number of nitrogens with one attached hydrogen (secondary N) is 1. The number of amides is 1. The van der Waals surface area contributed by atoms with Crippen molar-refractivity contribution >= 4 is 17.6 Å². The predicted octanol–water partition coefficient (Wildman–Crippen LogP) is 0.181. The SMILES string of the molecule is O=C(NC1CCCC1O)c1cnsn1. The molecule has 76 valence electrons. The quantitative estimate of drug-likeness (QED) is 0.735. The molecule has 1 amide bonds. The molecule has 0 spiro atoms. The molecule has 1 saturated carbocycles. The van der Waals surface area contributed by atoms with Crippen LogP contribution in [0.1, 0.15) is 29.8 Å². The first-order valence-electron chi connectivity index (χ1n) is 4.54. The largest absolute Gasteiger partial charge is 0.391 e. The van der Waals surface area contributed by atoms with E-state index in [1.165, 1.54) is 6.20 Å². The van der Waals surface area contributed by atoms with Crippen molar-refractivity contribution in [1.82, 2.24) is 14.1 Å². The lowest BCUT2D eigenvalue weighted by Crippen LogP contribution is -2.39. The van der Waals surface area contributed by atoms with Gasteiger partial charge in [-0.05, 0) is 19.3 Å². The molecule has 1 aliphatic carbocycles. The molecule has 2 N–H and O–H groups in total. The molecule has 1 aromatic heterocycles. The monoisotopic (exact) mass is 213 g/mol. The smallest absolute Gasteiger partial charge is 0.272 e. The summed E-state index contributed by atoms with van der Waals surface area (Å²) in [4.78, 5) is 11.5. The highest BCUT2D eigenvalue weighted by molar-refractivity contribution is 6.99. The van der Waals surface area contributed by atoms with E-state index in [0.717, 1.165) is 31.0 Å². The lowest BCUT2D eigenvalue weighted by atomic mass is 10.2. The van der Waals surface area contributed by atoms with E-state index in [-0.39, 0.29) is 11.9 Å². The van der Waals surface area contributed by atoms with E-state index in [1.807, 2.05) is 0 Å². The summed E-state index contributed by atoms with van der Waals surface area (Å²) in [6.45, 7) is 0. The van der Waals surface area contributed by atoms with Crippen LogP contribution in [0, 0.1) is 0 Å². The molecule has 0 aromatic carbocycles. The van der Waals surface area contributed by atoms with Crippen LogP contribution in [0.15, 0.2) is 6.20 Å². The lowest BCUT2D eigenvalue weighted by Gasteiger charge is -2.14. The molecule has 5 nitrogen and oxygen atoms in total. The van der Waals surface area contributed by atoms with Gasteiger partial charge >= 0.3 is 0 Å². The molecular formula is C8H11N3O2S. The average molecular weight is 213 g/mol. The van der Waals surface area contributed by atoms with Gasteiger partial charge in [-0.1, -0.05) is 0 Å². The fourth-order valence-electron chi connectivity index (χ4n) is 1.62. The molecule has 2 rings (SSSR count). The number of hydrogen-bond acceptors (Lipinski definition) is 5. The Morgan fingerprint density at radius 2 is 2.50 bits per heavy atom. The van der Waals surface area contributed by atoms with E-state index in [1.54, 1.807) is 0 Å². The van der Waals surface area contributed by atoms with E-state index >= 15 is 0 Å². The van der Waals surface area contributed by atoms with Gasteiger partial charge in [0.1, 0.15) is 0 Å². The third-order valence-corrected chi connectivity index (χ3v) is 2.87. The maximum atomic E-state index is 11.5. The van der Waals surface area contributed by atoms with Crippen molar-refractivity contribution in [2.24, 2.45) is 0 Å². The Labute approximate surface area is 85.5 Å².